The summed E-state index contributed by atoms with van der Waals surface area (Å²) in [7, 11) is 0. The van der Waals surface area contributed by atoms with Crippen molar-refractivity contribution in [2.45, 2.75) is 83.7 Å². The molecule has 1 saturated heterocycles. The number of benzene rings is 3. The molecule has 0 spiro atoms. The lowest BCUT2D eigenvalue weighted by Gasteiger charge is -2.29. The van der Waals surface area contributed by atoms with Gasteiger partial charge in [0, 0.05) is 17.0 Å². The largest absolute Gasteiger partial charge is 0.490 e. The van der Waals surface area contributed by atoms with E-state index in [0.717, 1.165) is 56.9 Å². The number of hydrogen-bond acceptors (Lipinski definition) is 2. The minimum absolute atomic E-state index is 0.0666. The zero-order valence-corrected chi connectivity index (χ0v) is 23.7. The summed E-state index contributed by atoms with van der Waals surface area (Å²) in [5.41, 5.74) is 2.78. The second-order valence-electron chi connectivity index (χ2n) is 10.7. The molecule has 1 heterocycles. The van der Waals surface area contributed by atoms with Crippen molar-refractivity contribution in [1.82, 2.24) is 0 Å². The van der Waals surface area contributed by atoms with Gasteiger partial charge in [0.25, 0.3) is 0 Å². The van der Waals surface area contributed by atoms with Gasteiger partial charge in [-0.05, 0) is 73.9 Å². The minimum Gasteiger partial charge on any atom is -0.490 e. The lowest BCUT2D eigenvalue weighted by Crippen LogP contribution is -2.24. The van der Waals surface area contributed by atoms with Crippen LogP contribution < -0.4 is 4.74 Å². The smallest absolute Gasteiger partial charge is 0.201 e. The van der Waals surface area contributed by atoms with Gasteiger partial charge in [-0.25, -0.2) is 8.78 Å². The third-order valence-electron chi connectivity index (χ3n) is 7.79. The Bertz CT molecular complexity index is 1240. The normalized spacial score (nSPS) is 17.4. The quantitative estimate of drug-likeness (QED) is 0.156. The van der Waals surface area contributed by atoms with Crippen molar-refractivity contribution < 1.29 is 22.6 Å². The maximum atomic E-state index is 15.2. The molecule has 2 nitrogen and oxygen atoms in total. The third-order valence-corrected chi connectivity index (χ3v) is 7.79. The molecule has 4 rings (SSSR count). The Balaban J connectivity index is 1.38. The summed E-state index contributed by atoms with van der Waals surface area (Å²) in [6.07, 6.45) is 13.8. The molecule has 1 aliphatic rings. The average Bonchev–Trinajstić information content (AvgIpc) is 2.98. The third kappa shape index (κ3) is 7.78. The fourth-order valence-corrected chi connectivity index (χ4v) is 5.35. The van der Waals surface area contributed by atoms with E-state index in [1.54, 1.807) is 36.4 Å². The van der Waals surface area contributed by atoms with Crippen LogP contribution in [0.4, 0.5) is 13.2 Å². The highest BCUT2D eigenvalue weighted by atomic mass is 19.2. The Morgan fingerprint density at radius 1 is 0.850 bits per heavy atom. The van der Waals surface area contributed by atoms with Gasteiger partial charge in [-0.3, -0.25) is 0 Å². The summed E-state index contributed by atoms with van der Waals surface area (Å²) in [6.45, 7) is 5.15. The first-order valence-corrected chi connectivity index (χ1v) is 14.8. The van der Waals surface area contributed by atoms with E-state index in [4.69, 9.17) is 9.47 Å². The van der Waals surface area contributed by atoms with Crippen LogP contribution in [0.5, 0.6) is 5.75 Å². The molecule has 2 unspecified atom stereocenters. The van der Waals surface area contributed by atoms with Crippen LogP contribution >= 0.6 is 0 Å². The zero-order chi connectivity index (χ0) is 28.3. The lowest BCUT2D eigenvalue weighted by molar-refractivity contribution is -0.000225. The number of allylic oxidation sites excluding steroid dienone is 2. The monoisotopic (exact) mass is 550 g/mol. The van der Waals surface area contributed by atoms with Gasteiger partial charge in [-0.1, -0.05) is 81.2 Å². The Morgan fingerprint density at radius 2 is 1.57 bits per heavy atom. The van der Waals surface area contributed by atoms with E-state index in [0.29, 0.717) is 29.9 Å². The molecule has 5 heteroatoms. The molecular weight excluding hydrogens is 509 g/mol. The highest BCUT2D eigenvalue weighted by Gasteiger charge is 2.23. The zero-order valence-electron chi connectivity index (χ0n) is 23.7. The first-order valence-electron chi connectivity index (χ1n) is 14.8. The highest BCUT2D eigenvalue weighted by molar-refractivity contribution is 5.71. The molecule has 214 valence electrons. The molecule has 0 radical (unpaired) electrons. The number of halogens is 3. The van der Waals surface area contributed by atoms with Gasteiger partial charge < -0.3 is 9.47 Å². The van der Waals surface area contributed by atoms with E-state index in [1.165, 1.54) is 18.6 Å². The van der Waals surface area contributed by atoms with Crippen molar-refractivity contribution in [1.29, 1.82) is 0 Å². The Morgan fingerprint density at radius 3 is 2.25 bits per heavy atom. The molecule has 0 aromatic heterocycles. The van der Waals surface area contributed by atoms with Crippen molar-refractivity contribution in [3.63, 3.8) is 0 Å². The number of unbranched alkanes of at least 4 members (excludes halogenated alkanes) is 4. The fraction of sp³-hybridized carbons (Fsp3) is 0.429. The molecule has 1 aliphatic heterocycles. The first-order chi connectivity index (χ1) is 19.5. The first kappa shape index (κ1) is 29.9. The number of rotatable bonds is 13. The van der Waals surface area contributed by atoms with Crippen LogP contribution in [0.3, 0.4) is 0 Å². The van der Waals surface area contributed by atoms with Gasteiger partial charge in [-0.2, -0.15) is 4.39 Å². The van der Waals surface area contributed by atoms with Crippen LogP contribution in [0.2, 0.25) is 0 Å². The molecule has 40 heavy (non-hydrogen) atoms. The molecule has 0 saturated carbocycles. The molecule has 0 aliphatic carbocycles. The van der Waals surface area contributed by atoms with Crippen LogP contribution in [0.1, 0.15) is 83.1 Å². The lowest BCUT2D eigenvalue weighted by atomic mass is 9.89. The van der Waals surface area contributed by atoms with Gasteiger partial charge in [0.2, 0.25) is 5.82 Å². The highest BCUT2D eigenvalue weighted by Crippen LogP contribution is 2.35. The fourth-order valence-electron chi connectivity index (χ4n) is 5.35. The van der Waals surface area contributed by atoms with E-state index in [9.17, 15) is 8.78 Å². The summed E-state index contributed by atoms with van der Waals surface area (Å²) < 4.78 is 56.3. The summed E-state index contributed by atoms with van der Waals surface area (Å²) in [6, 6.07) is 15.3. The van der Waals surface area contributed by atoms with Crippen molar-refractivity contribution in [3.05, 3.63) is 89.8 Å². The molecular formula is C35H41F3O2. The van der Waals surface area contributed by atoms with Crippen molar-refractivity contribution in [2.24, 2.45) is 0 Å². The number of hydrogen-bond donors (Lipinski definition) is 0. The summed E-state index contributed by atoms with van der Waals surface area (Å²) in [4.78, 5) is 0. The molecule has 2 atom stereocenters. The standard InChI is InChI=1S/C35H41F3O2/c1-3-5-7-8-10-22-39-33-21-20-31(34(37)35(33)38)26-14-12-25(13-15-26)30-19-17-27(23-32(30)36)28-16-18-29(40-24-28)11-9-6-4-2/h4,6,12-15,17,19-21,23,28-29H,3,5,7-11,16,18,22,24H2,1-2H3/b6-4+. The van der Waals surface area contributed by atoms with Crippen LogP contribution in [0.25, 0.3) is 22.3 Å². The average molecular weight is 551 g/mol. The predicted octanol–water partition coefficient (Wildman–Crippen LogP) is 10.4. The minimum atomic E-state index is -0.979. The SMILES string of the molecule is C/C=C/CCC1CCC(c2ccc(-c3ccc(-c4ccc(OCCCCCCC)c(F)c4F)cc3)c(F)c2)CO1. The van der Waals surface area contributed by atoms with E-state index in [2.05, 4.69) is 19.1 Å². The molecule has 0 N–H and O–H groups in total. The molecule has 3 aromatic rings. The maximum Gasteiger partial charge on any atom is 0.201 e. The summed E-state index contributed by atoms with van der Waals surface area (Å²) in [5.74, 6) is -2.09. The van der Waals surface area contributed by atoms with E-state index in [-0.39, 0.29) is 29.2 Å². The van der Waals surface area contributed by atoms with Crippen LogP contribution in [-0.2, 0) is 4.74 Å². The predicted molar refractivity (Wildman–Crippen MR) is 157 cm³/mol. The molecule has 3 aromatic carbocycles. The van der Waals surface area contributed by atoms with Gasteiger partial charge >= 0.3 is 0 Å². The van der Waals surface area contributed by atoms with Crippen LogP contribution in [0, 0.1) is 17.5 Å². The van der Waals surface area contributed by atoms with Gasteiger partial charge in [-0.15, -0.1) is 0 Å². The Kier molecular flexibility index (Phi) is 11.3. The van der Waals surface area contributed by atoms with E-state index >= 15 is 4.39 Å². The van der Waals surface area contributed by atoms with Crippen LogP contribution in [-0.4, -0.2) is 19.3 Å². The second-order valence-corrected chi connectivity index (χ2v) is 10.7. The summed E-state index contributed by atoms with van der Waals surface area (Å²) >= 11 is 0. The van der Waals surface area contributed by atoms with E-state index in [1.807, 2.05) is 13.0 Å². The van der Waals surface area contributed by atoms with Crippen molar-refractivity contribution in [2.75, 3.05) is 13.2 Å². The van der Waals surface area contributed by atoms with Crippen molar-refractivity contribution >= 4 is 0 Å². The second kappa shape index (κ2) is 15.1. The van der Waals surface area contributed by atoms with Gasteiger partial charge in [0.05, 0.1) is 19.3 Å². The van der Waals surface area contributed by atoms with Crippen molar-refractivity contribution in [3.8, 4) is 28.0 Å². The van der Waals surface area contributed by atoms with Gasteiger partial charge in [0.1, 0.15) is 5.82 Å². The molecule has 0 bridgehead atoms. The Labute approximate surface area is 237 Å². The number of ether oxygens (including phenoxy) is 2. The van der Waals surface area contributed by atoms with E-state index < -0.39 is 11.6 Å². The molecule has 0 amide bonds. The van der Waals surface area contributed by atoms with Crippen LogP contribution in [0.15, 0.2) is 66.7 Å². The molecule has 1 fully saturated rings. The van der Waals surface area contributed by atoms with Gasteiger partial charge in [0.15, 0.2) is 11.6 Å². The maximum absolute atomic E-state index is 15.2. The topological polar surface area (TPSA) is 18.5 Å². The Hall–Kier alpha value is -3.05. The summed E-state index contributed by atoms with van der Waals surface area (Å²) in [5, 5.41) is 0.